The van der Waals surface area contributed by atoms with Crippen molar-refractivity contribution in [1.82, 2.24) is 0 Å². The van der Waals surface area contributed by atoms with Gasteiger partial charge >= 0.3 is 0 Å². The number of nitrogens with one attached hydrogen (secondary N) is 1. The van der Waals surface area contributed by atoms with E-state index in [1.807, 2.05) is 6.07 Å². The van der Waals surface area contributed by atoms with E-state index in [2.05, 4.69) is 5.32 Å². The Morgan fingerprint density at radius 1 is 1.43 bits per heavy atom. The van der Waals surface area contributed by atoms with Crippen molar-refractivity contribution in [2.75, 3.05) is 11.1 Å². The molecule has 4 heteroatoms. The van der Waals surface area contributed by atoms with Gasteiger partial charge in [-0.3, -0.25) is 4.79 Å². The Bertz CT molecular complexity index is 372. The average molecular weight is 191 g/mol. The highest BCUT2D eigenvalue weighted by molar-refractivity contribution is 6.00. The Hall–Kier alpha value is -1.71. The lowest BCUT2D eigenvalue weighted by Crippen LogP contribution is -2.15. The third kappa shape index (κ3) is 1.64. The van der Waals surface area contributed by atoms with E-state index < -0.39 is 5.91 Å². The minimum absolute atomic E-state index is 0.385. The molecule has 0 bridgehead atoms. The number of nitrogens with two attached hydrogens (primary N) is 2. The van der Waals surface area contributed by atoms with Crippen molar-refractivity contribution < 1.29 is 4.79 Å². The molecule has 1 aromatic rings. The fraction of sp³-hybridized carbons (Fsp3) is 0.300. The maximum Gasteiger partial charge on any atom is 0.250 e. The van der Waals surface area contributed by atoms with Crippen molar-refractivity contribution in [1.29, 1.82) is 0 Å². The molecule has 1 aliphatic rings. The van der Waals surface area contributed by atoms with Crippen molar-refractivity contribution in [2.24, 2.45) is 5.73 Å². The van der Waals surface area contributed by atoms with Gasteiger partial charge in [0.15, 0.2) is 0 Å². The maximum absolute atomic E-state index is 11.0. The standard InChI is InChI=1S/C10H13N3O/c11-9-7(10(12)14)2-1-3-8(9)13-6-4-5-6/h1-3,6,13H,4-5,11H2,(H2,12,14). The molecule has 0 heterocycles. The van der Waals surface area contributed by atoms with Gasteiger partial charge in [-0.2, -0.15) is 0 Å². The molecular weight excluding hydrogens is 178 g/mol. The second-order valence-corrected chi connectivity index (χ2v) is 3.55. The molecule has 4 nitrogen and oxygen atoms in total. The van der Waals surface area contributed by atoms with Crippen LogP contribution in [0.3, 0.4) is 0 Å². The highest BCUT2D eigenvalue weighted by atomic mass is 16.1. The summed E-state index contributed by atoms with van der Waals surface area (Å²) in [6.45, 7) is 0. The Kier molecular flexibility index (Phi) is 2.04. The van der Waals surface area contributed by atoms with Crippen molar-refractivity contribution in [3.63, 3.8) is 0 Å². The van der Waals surface area contributed by atoms with Crippen LogP contribution < -0.4 is 16.8 Å². The second kappa shape index (κ2) is 3.21. The van der Waals surface area contributed by atoms with Crippen molar-refractivity contribution in [3.05, 3.63) is 23.8 Å². The summed E-state index contributed by atoms with van der Waals surface area (Å²) in [5, 5.41) is 3.25. The first-order chi connectivity index (χ1) is 6.68. The van der Waals surface area contributed by atoms with Gasteiger partial charge in [0, 0.05) is 6.04 Å². The summed E-state index contributed by atoms with van der Waals surface area (Å²) in [6, 6.07) is 5.79. The van der Waals surface area contributed by atoms with E-state index in [0.717, 1.165) is 5.69 Å². The van der Waals surface area contributed by atoms with Gasteiger partial charge in [-0.1, -0.05) is 6.07 Å². The third-order valence-electron chi connectivity index (χ3n) is 2.31. The van der Waals surface area contributed by atoms with Crippen LogP contribution in [0.15, 0.2) is 18.2 Å². The number of carbonyl (C=O) groups excluding carboxylic acids is 1. The fourth-order valence-corrected chi connectivity index (χ4v) is 1.35. The van der Waals surface area contributed by atoms with Crippen LogP contribution in [0.5, 0.6) is 0 Å². The van der Waals surface area contributed by atoms with Crippen LogP contribution in [0.25, 0.3) is 0 Å². The van der Waals surface area contributed by atoms with Crippen molar-refractivity contribution in [3.8, 4) is 0 Å². The molecule has 1 saturated carbocycles. The summed E-state index contributed by atoms with van der Waals surface area (Å²) in [7, 11) is 0. The molecule has 0 radical (unpaired) electrons. The lowest BCUT2D eigenvalue weighted by molar-refractivity contribution is 0.100. The summed E-state index contributed by atoms with van der Waals surface area (Å²) < 4.78 is 0. The third-order valence-corrected chi connectivity index (χ3v) is 2.31. The SMILES string of the molecule is NC(=O)c1cccc(NC2CC2)c1N. The molecule has 0 atom stereocenters. The zero-order chi connectivity index (χ0) is 10.1. The van der Waals surface area contributed by atoms with Crippen LogP contribution >= 0.6 is 0 Å². The molecule has 5 N–H and O–H groups in total. The summed E-state index contributed by atoms with van der Waals surface area (Å²) in [6.07, 6.45) is 2.33. The van der Waals surface area contributed by atoms with E-state index in [-0.39, 0.29) is 0 Å². The number of nitrogen functional groups attached to an aromatic ring is 1. The molecule has 14 heavy (non-hydrogen) atoms. The van der Waals surface area contributed by atoms with E-state index in [1.54, 1.807) is 12.1 Å². The Balaban J connectivity index is 2.30. The van der Waals surface area contributed by atoms with Crippen LogP contribution in [-0.4, -0.2) is 11.9 Å². The Labute approximate surface area is 82.3 Å². The summed E-state index contributed by atoms with van der Waals surface area (Å²) in [4.78, 5) is 11.0. The lowest BCUT2D eigenvalue weighted by atomic mass is 10.1. The Morgan fingerprint density at radius 2 is 2.14 bits per heavy atom. The largest absolute Gasteiger partial charge is 0.396 e. The van der Waals surface area contributed by atoms with E-state index in [1.165, 1.54) is 12.8 Å². The topological polar surface area (TPSA) is 81.1 Å². The van der Waals surface area contributed by atoms with Gasteiger partial charge in [0.25, 0.3) is 5.91 Å². The normalized spacial score (nSPS) is 15.1. The molecule has 1 amide bonds. The van der Waals surface area contributed by atoms with E-state index in [4.69, 9.17) is 11.5 Å². The minimum Gasteiger partial charge on any atom is -0.396 e. The molecule has 0 aliphatic heterocycles. The molecule has 1 aliphatic carbocycles. The molecule has 74 valence electrons. The second-order valence-electron chi connectivity index (χ2n) is 3.55. The smallest absolute Gasteiger partial charge is 0.250 e. The van der Waals surface area contributed by atoms with Gasteiger partial charge in [0.1, 0.15) is 0 Å². The van der Waals surface area contributed by atoms with Gasteiger partial charge < -0.3 is 16.8 Å². The number of primary amides is 1. The van der Waals surface area contributed by atoms with E-state index in [9.17, 15) is 4.79 Å². The summed E-state index contributed by atoms with van der Waals surface area (Å²) in [5.74, 6) is -0.484. The molecule has 0 spiro atoms. The van der Waals surface area contributed by atoms with Gasteiger partial charge in [0.2, 0.25) is 0 Å². The number of anilines is 2. The molecule has 0 saturated heterocycles. The first kappa shape index (κ1) is 8.87. The first-order valence-electron chi connectivity index (χ1n) is 4.63. The fourth-order valence-electron chi connectivity index (χ4n) is 1.35. The predicted molar refractivity (Wildman–Crippen MR) is 56.0 cm³/mol. The molecule has 1 fully saturated rings. The van der Waals surface area contributed by atoms with Gasteiger partial charge in [0.05, 0.1) is 16.9 Å². The first-order valence-corrected chi connectivity index (χ1v) is 4.63. The number of para-hydroxylation sites is 1. The number of benzene rings is 1. The summed E-state index contributed by atoms with van der Waals surface area (Å²) in [5.41, 5.74) is 12.6. The van der Waals surface area contributed by atoms with Crippen LogP contribution in [-0.2, 0) is 0 Å². The van der Waals surface area contributed by atoms with Crippen LogP contribution in [0.4, 0.5) is 11.4 Å². The molecular formula is C10H13N3O. The van der Waals surface area contributed by atoms with E-state index >= 15 is 0 Å². The van der Waals surface area contributed by atoms with Crippen LogP contribution in [0, 0.1) is 0 Å². The number of carbonyl (C=O) groups is 1. The lowest BCUT2D eigenvalue weighted by Gasteiger charge is -2.10. The number of hydrogen-bond donors (Lipinski definition) is 3. The number of amides is 1. The predicted octanol–water partition coefficient (Wildman–Crippen LogP) is 0.942. The highest BCUT2D eigenvalue weighted by Gasteiger charge is 2.22. The minimum atomic E-state index is -0.484. The Morgan fingerprint density at radius 3 is 2.71 bits per heavy atom. The van der Waals surface area contributed by atoms with Crippen LogP contribution in [0.1, 0.15) is 23.2 Å². The molecule has 0 aromatic heterocycles. The number of rotatable bonds is 3. The van der Waals surface area contributed by atoms with Crippen molar-refractivity contribution >= 4 is 17.3 Å². The molecule has 1 aromatic carbocycles. The van der Waals surface area contributed by atoms with Gasteiger partial charge in [-0.05, 0) is 25.0 Å². The quantitative estimate of drug-likeness (QED) is 0.622. The van der Waals surface area contributed by atoms with Crippen molar-refractivity contribution in [2.45, 2.75) is 18.9 Å². The highest BCUT2D eigenvalue weighted by Crippen LogP contribution is 2.29. The summed E-state index contributed by atoms with van der Waals surface area (Å²) >= 11 is 0. The van der Waals surface area contributed by atoms with Gasteiger partial charge in [-0.15, -0.1) is 0 Å². The zero-order valence-electron chi connectivity index (χ0n) is 7.79. The van der Waals surface area contributed by atoms with Gasteiger partial charge in [-0.25, -0.2) is 0 Å². The monoisotopic (exact) mass is 191 g/mol. The van der Waals surface area contributed by atoms with Crippen LogP contribution in [0.2, 0.25) is 0 Å². The average Bonchev–Trinajstić information content (AvgIpc) is 2.92. The maximum atomic E-state index is 11.0. The molecule has 0 unspecified atom stereocenters. The zero-order valence-corrected chi connectivity index (χ0v) is 7.79. The molecule has 2 rings (SSSR count). The van der Waals surface area contributed by atoms with E-state index in [0.29, 0.717) is 17.3 Å². The number of hydrogen-bond acceptors (Lipinski definition) is 3.